The lowest BCUT2D eigenvalue weighted by Crippen LogP contribution is -2.35. The Morgan fingerprint density at radius 2 is 1.83 bits per heavy atom. The van der Waals surface area contributed by atoms with E-state index in [0.29, 0.717) is 5.69 Å². The van der Waals surface area contributed by atoms with Crippen molar-refractivity contribution in [2.45, 2.75) is 6.92 Å². The van der Waals surface area contributed by atoms with Gasteiger partial charge in [0, 0.05) is 12.1 Å². The van der Waals surface area contributed by atoms with E-state index in [2.05, 4.69) is 5.43 Å². The molecule has 9 nitrogen and oxygen atoms in total. The number of carbonyl (C=O) groups is 2. The number of hydrogen-bond donors (Lipinski definition) is 2. The number of non-ortho nitro benzene ring substituents is 1. The zero-order chi connectivity index (χ0) is 21.4. The molecule has 0 radical (unpaired) electrons. The maximum Gasteiger partial charge on any atom is 0.282 e. The monoisotopic (exact) mass is 405 g/mol. The number of aryl methyl sites for hydroxylation is 1. The van der Waals surface area contributed by atoms with E-state index < -0.39 is 16.7 Å². The third-order valence-corrected chi connectivity index (χ3v) is 4.55. The van der Waals surface area contributed by atoms with Crippen LogP contribution in [0, 0.1) is 17.0 Å². The lowest BCUT2D eigenvalue weighted by Gasteiger charge is -2.14. The topological polar surface area (TPSA) is 126 Å². The predicted molar refractivity (Wildman–Crippen MR) is 107 cm³/mol. The number of hydrogen-bond acceptors (Lipinski definition) is 6. The summed E-state index contributed by atoms with van der Waals surface area (Å²) in [4.78, 5) is 35.3. The standard InChI is InChI=1S/C21H15N3O6/c1-12-2-4-13(5-3-12)23-21(27)17(20(26)22-23)11-15-7-9-19(30-15)16-10-14(24(28)29)6-8-18(16)25/h2-11,25H,1H3,(H,22,26)/b17-11+. The maximum atomic E-state index is 12.7. The first kappa shape index (κ1) is 18.9. The van der Waals surface area contributed by atoms with E-state index >= 15 is 0 Å². The highest BCUT2D eigenvalue weighted by Crippen LogP contribution is 2.34. The molecule has 4 rings (SSSR count). The molecule has 0 atom stereocenters. The number of carbonyl (C=O) groups excluding carboxylic acids is 2. The fourth-order valence-corrected chi connectivity index (χ4v) is 2.99. The van der Waals surface area contributed by atoms with Crippen LogP contribution in [0.2, 0.25) is 0 Å². The molecule has 2 aromatic carbocycles. The van der Waals surface area contributed by atoms with Crippen LogP contribution < -0.4 is 10.4 Å². The number of nitrogens with zero attached hydrogens (tertiary/aromatic N) is 2. The van der Waals surface area contributed by atoms with Gasteiger partial charge < -0.3 is 9.52 Å². The number of anilines is 1. The normalized spacial score (nSPS) is 15.0. The number of hydrazine groups is 1. The Labute approximate surface area is 170 Å². The average molecular weight is 405 g/mol. The van der Waals surface area contributed by atoms with Crippen LogP contribution in [0.1, 0.15) is 11.3 Å². The number of benzene rings is 2. The molecule has 9 heteroatoms. The summed E-state index contributed by atoms with van der Waals surface area (Å²) in [6, 6.07) is 13.6. The molecule has 2 heterocycles. The Kier molecular flexibility index (Phi) is 4.55. The van der Waals surface area contributed by atoms with Gasteiger partial charge in [-0.15, -0.1) is 0 Å². The molecule has 0 saturated carbocycles. The summed E-state index contributed by atoms with van der Waals surface area (Å²) in [7, 11) is 0. The molecular formula is C21H15N3O6. The van der Waals surface area contributed by atoms with Crippen molar-refractivity contribution in [3.8, 4) is 17.1 Å². The maximum absolute atomic E-state index is 12.7. The van der Waals surface area contributed by atoms with Crippen molar-refractivity contribution >= 4 is 29.3 Å². The first-order valence-electron chi connectivity index (χ1n) is 8.85. The smallest absolute Gasteiger partial charge is 0.282 e. The van der Waals surface area contributed by atoms with Gasteiger partial charge in [-0.1, -0.05) is 17.7 Å². The summed E-state index contributed by atoms with van der Waals surface area (Å²) in [6.07, 6.45) is 1.28. The van der Waals surface area contributed by atoms with E-state index in [-0.39, 0.29) is 34.1 Å². The van der Waals surface area contributed by atoms with Crippen LogP contribution >= 0.6 is 0 Å². The fraction of sp³-hybridized carbons (Fsp3) is 0.0476. The number of nitrogens with one attached hydrogen (secondary N) is 1. The third-order valence-electron chi connectivity index (χ3n) is 4.55. The molecule has 2 N–H and O–H groups in total. The molecule has 0 aliphatic carbocycles. The minimum atomic E-state index is -0.587. The molecule has 1 fully saturated rings. The van der Waals surface area contributed by atoms with Gasteiger partial charge in [-0.05, 0) is 43.3 Å². The number of furan rings is 1. The Hall–Kier alpha value is -4.40. The van der Waals surface area contributed by atoms with E-state index in [1.165, 1.54) is 36.4 Å². The minimum absolute atomic E-state index is 0.123. The summed E-state index contributed by atoms with van der Waals surface area (Å²) in [5.74, 6) is -0.990. The van der Waals surface area contributed by atoms with Crippen LogP contribution in [-0.2, 0) is 9.59 Å². The van der Waals surface area contributed by atoms with Gasteiger partial charge in [-0.3, -0.25) is 25.1 Å². The number of phenols is 1. The van der Waals surface area contributed by atoms with Crippen LogP contribution in [-0.4, -0.2) is 21.8 Å². The first-order chi connectivity index (χ1) is 14.3. The van der Waals surface area contributed by atoms with Gasteiger partial charge in [-0.2, -0.15) is 0 Å². The number of amides is 2. The molecule has 1 saturated heterocycles. The number of rotatable bonds is 4. The van der Waals surface area contributed by atoms with Crippen molar-refractivity contribution in [2.24, 2.45) is 0 Å². The highest BCUT2D eigenvalue weighted by atomic mass is 16.6. The summed E-state index contributed by atoms with van der Waals surface area (Å²) in [5, 5.41) is 22.1. The SMILES string of the molecule is Cc1ccc(N2NC(=O)/C(=C\c3ccc(-c4cc([N+](=O)[O-])ccc4O)o3)C2=O)cc1. The van der Waals surface area contributed by atoms with E-state index in [1.807, 2.05) is 19.1 Å². The van der Waals surface area contributed by atoms with Crippen LogP contribution in [0.15, 0.2) is 64.6 Å². The van der Waals surface area contributed by atoms with Crippen molar-refractivity contribution in [3.05, 3.63) is 81.6 Å². The second-order valence-electron chi connectivity index (χ2n) is 6.64. The lowest BCUT2D eigenvalue weighted by atomic mass is 10.1. The van der Waals surface area contributed by atoms with Crippen molar-refractivity contribution < 1.29 is 24.0 Å². The molecule has 30 heavy (non-hydrogen) atoms. The molecule has 0 bridgehead atoms. The average Bonchev–Trinajstić information content (AvgIpc) is 3.29. The van der Waals surface area contributed by atoms with E-state index in [0.717, 1.165) is 10.6 Å². The van der Waals surface area contributed by atoms with Crippen molar-refractivity contribution in [2.75, 3.05) is 5.01 Å². The van der Waals surface area contributed by atoms with Gasteiger partial charge in [0.15, 0.2) is 0 Å². The van der Waals surface area contributed by atoms with Gasteiger partial charge in [0.05, 0.1) is 16.2 Å². The van der Waals surface area contributed by atoms with Crippen LogP contribution in [0.4, 0.5) is 11.4 Å². The number of nitro benzene ring substituents is 1. The van der Waals surface area contributed by atoms with Gasteiger partial charge in [0.25, 0.3) is 17.5 Å². The summed E-state index contributed by atoms with van der Waals surface area (Å²) < 4.78 is 5.59. The highest BCUT2D eigenvalue weighted by molar-refractivity contribution is 6.31. The largest absolute Gasteiger partial charge is 0.507 e. The molecule has 0 unspecified atom stereocenters. The van der Waals surface area contributed by atoms with Crippen LogP contribution in [0.5, 0.6) is 5.75 Å². The molecule has 150 valence electrons. The van der Waals surface area contributed by atoms with Crippen molar-refractivity contribution in [1.29, 1.82) is 0 Å². The fourth-order valence-electron chi connectivity index (χ4n) is 2.99. The second-order valence-corrected chi connectivity index (χ2v) is 6.64. The summed E-state index contributed by atoms with van der Waals surface area (Å²) in [6.45, 7) is 1.91. The first-order valence-corrected chi connectivity index (χ1v) is 8.85. The number of phenolic OH excluding ortho intramolecular Hbond substituents is 1. The molecule has 3 aromatic rings. The molecule has 1 aromatic heterocycles. The van der Waals surface area contributed by atoms with Gasteiger partial charge in [-0.25, -0.2) is 5.01 Å². The van der Waals surface area contributed by atoms with Crippen LogP contribution in [0.3, 0.4) is 0 Å². The van der Waals surface area contributed by atoms with Gasteiger partial charge in [0.2, 0.25) is 0 Å². The predicted octanol–water partition coefficient (Wildman–Crippen LogP) is 3.33. The number of aromatic hydroxyl groups is 1. The molecule has 1 aliphatic heterocycles. The zero-order valence-corrected chi connectivity index (χ0v) is 15.7. The molecule has 2 amide bonds. The van der Waals surface area contributed by atoms with E-state index in [9.17, 15) is 24.8 Å². The number of nitro groups is 1. The van der Waals surface area contributed by atoms with Crippen molar-refractivity contribution in [1.82, 2.24) is 5.43 Å². The highest BCUT2D eigenvalue weighted by Gasteiger charge is 2.34. The van der Waals surface area contributed by atoms with Crippen molar-refractivity contribution in [3.63, 3.8) is 0 Å². The Morgan fingerprint density at radius 3 is 2.53 bits per heavy atom. The zero-order valence-electron chi connectivity index (χ0n) is 15.7. The van der Waals surface area contributed by atoms with E-state index in [1.54, 1.807) is 12.1 Å². The summed E-state index contributed by atoms with van der Waals surface area (Å²) >= 11 is 0. The summed E-state index contributed by atoms with van der Waals surface area (Å²) in [5.41, 5.74) is 3.82. The second kappa shape index (κ2) is 7.21. The third kappa shape index (κ3) is 3.39. The quantitative estimate of drug-likeness (QED) is 0.297. The van der Waals surface area contributed by atoms with E-state index in [4.69, 9.17) is 4.42 Å². The minimum Gasteiger partial charge on any atom is -0.507 e. The Balaban J connectivity index is 1.64. The molecular weight excluding hydrogens is 390 g/mol. The molecule has 1 aliphatic rings. The van der Waals surface area contributed by atoms with Gasteiger partial charge in [0.1, 0.15) is 22.8 Å². The van der Waals surface area contributed by atoms with Gasteiger partial charge >= 0.3 is 0 Å². The lowest BCUT2D eigenvalue weighted by molar-refractivity contribution is -0.384. The van der Waals surface area contributed by atoms with Crippen LogP contribution in [0.25, 0.3) is 17.4 Å². The Morgan fingerprint density at radius 1 is 1.10 bits per heavy atom. The molecule has 0 spiro atoms. The Bertz CT molecular complexity index is 1210.